The molecule has 11 nitrogen and oxygen atoms in total. The van der Waals surface area contributed by atoms with Crippen molar-refractivity contribution in [3.05, 3.63) is 0 Å². The van der Waals surface area contributed by atoms with Crippen LogP contribution in [0.1, 0.15) is 46.1 Å². The third-order valence-corrected chi connectivity index (χ3v) is 5.67. The first-order valence-electron chi connectivity index (χ1n) is 9.81. The summed E-state index contributed by atoms with van der Waals surface area (Å²) in [5, 5.41) is 19.1. The molecule has 0 amide bonds. The van der Waals surface area contributed by atoms with E-state index in [2.05, 4.69) is 31.9 Å². The fraction of sp³-hybridized carbons (Fsp3) is 0.722. The molecule has 3 N–H and O–H groups in total. The molecule has 30 heavy (non-hydrogen) atoms. The Bertz CT molecular complexity index is 886. The van der Waals surface area contributed by atoms with Gasteiger partial charge >= 0.3 is 5.97 Å². The summed E-state index contributed by atoms with van der Waals surface area (Å²) in [6.07, 6.45) is 1.09. The number of hydrogen-bond donors (Lipinski definition) is 2. The molecule has 0 bridgehead atoms. The van der Waals surface area contributed by atoms with Gasteiger partial charge in [-0.05, 0) is 33.1 Å². The average molecular weight is 441 g/mol. The van der Waals surface area contributed by atoms with Gasteiger partial charge in [-0.15, -0.1) is 5.10 Å². The van der Waals surface area contributed by atoms with Crippen LogP contribution >= 0.6 is 11.8 Å². The number of nitrogen functional groups attached to an aromatic ring is 1. The van der Waals surface area contributed by atoms with Gasteiger partial charge in [-0.25, -0.2) is 19.4 Å². The van der Waals surface area contributed by atoms with E-state index < -0.39 is 24.0 Å². The largest absolute Gasteiger partial charge is 0.467 e. The number of rotatable bonds is 9. The van der Waals surface area contributed by atoms with Crippen LogP contribution in [-0.4, -0.2) is 73.5 Å². The molecule has 166 valence electrons. The van der Waals surface area contributed by atoms with E-state index in [1.165, 1.54) is 18.9 Å². The summed E-state index contributed by atoms with van der Waals surface area (Å²) >= 11 is 1.52. The highest BCUT2D eigenvalue weighted by molar-refractivity contribution is 7.99. The molecule has 0 aromatic carbocycles. The topological polar surface area (TPSA) is 148 Å². The number of aromatic nitrogens is 5. The molecule has 0 unspecified atom stereocenters. The van der Waals surface area contributed by atoms with Gasteiger partial charge in [-0.1, -0.05) is 23.9 Å². The first-order valence-corrected chi connectivity index (χ1v) is 10.8. The van der Waals surface area contributed by atoms with Crippen LogP contribution in [0.25, 0.3) is 11.2 Å². The summed E-state index contributed by atoms with van der Waals surface area (Å²) < 4.78 is 17.8. The van der Waals surface area contributed by atoms with Gasteiger partial charge in [0.25, 0.3) is 0 Å². The molecule has 3 atom stereocenters. The Morgan fingerprint density at radius 3 is 2.73 bits per heavy atom. The summed E-state index contributed by atoms with van der Waals surface area (Å²) in [4.78, 5) is 20.4. The van der Waals surface area contributed by atoms with Crippen molar-refractivity contribution in [3.8, 4) is 0 Å². The molecule has 12 heteroatoms. The predicted molar refractivity (Wildman–Crippen MR) is 110 cm³/mol. The Kier molecular flexibility index (Phi) is 7.11. The van der Waals surface area contributed by atoms with E-state index in [0.717, 1.165) is 12.2 Å². The van der Waals surface area contributed by atoms with Gasteiger partial charge in [0.05, 0.1) is 25.4 Å². The molecule has 1 fully saturated rings. The van der Waals surface area contributed by atoms with Gasteiger partial charge in [-0.3, -0.25) is 0 Å². The third kappa shape index (κ3) is 5.36. The van der Waals surface area contributed by atoms with Crippen LogP contribution < -0.4 is 5.73 Å². The van der Waals surface area contributed by atoms with Crippen LogP contribution in [0.2, 0.25) is 0 Å². The Hall–Kier alpha value is -2.02. The minimum absolute atomic E-state index is 0.164. The SMILES string of the molecule is CCCSc1nc(N)c2nnn([C@@H]3C[C@H](OCC(=O)OC)[C@@H](OC(C)(C)O)C3)c2n1. The molecular weight excluding hydrogens is 412 g/mol. The van der Waals surface area contributed by atoms with Crippen LogP contribution in [-0.2, 0) is 19.0 Å². The number of fused-ring (bicyclic) bond motifs is 1. The Labute approximate surface area is 178 Å². The van der Waals surface area contributed by atoms with Crippen molar-refractivity contribution in [2.24, 2.45) is 0 Å². The van der Waals surface area contributed by atoms with Crippen molar-refractivity contribution < 1.29 is 24.1 Å². The highest BCUT2D eigenvalue weighted by atomic mass is 32.2. The smallest absolute Gasteiger partial charge is 0.331 e. The maximum atomic E-state index is 11.5. The molecule has 3 rings (SSSR count). The molecule has 2 aromatic rings. The fourth-order valence-electron chi connectivity index (χ4n) is 3.37. The van der Waals surface area contributed by atoms with Gasteiger partial charge in [0.2, 0.25) is 0 Å². The average Bonchev–Trinajstić information content (AvgIpc) is 3.27. The Morgan fingerprint density at radius 2 is 2.07 bits per heavy atom. The van der Waals surface area contributed by atoms with Crippen molar-refractivity contribution >= 4 is 34.7 Å². The summed E-state index contributed by atoms with van der Waals surface area (Å²) in [5.74, 6) is -0.677. The number of hydrogen-bond acceptors (Lipinski definition) is 11. The number of carbonyl (C=O) groups is 1. The number of esters is 1. The number of aliphatic hydroxyl groups is 1. The van der Waals surface area contributed by atoms with Crippen LogP contribution in [0, 0.1) is 0 Å². The summed E-state index contributed by atoms with van der Waals surface area (Å²) in [6.45, 7) is 4.97. The molecule has 1 saturated carbocycles. The third-order valence-electron chi connectivity index (χ3n) is 4.62. The molecule has 1 aliphatic carbocycles. The molecule has 2 heterocycles. The molecular formula is C18H28N6O5S. The number of carbonyl (C=O) groups excluding carboxylic acids is 1. The first kappa shape index (κ1) is 22.7. The zero-order valence-electron chi connectivity index (χ0n) is 17.6. The molecule has 0 spiro atoms. The molecule has 2 aromatic heterocycles. The summed E-state index contributed by atoms with van der Waals surface area (Å²) in [7, 11) is 1.30. The first-order chi connectivity index (χ1) is 14.2. The Morgan fingerprint density at radius 1 is 1.33 bits per heavy atom. The number of ether oxygens (including phenoxy) is 3. The Balaban J connectivity index is 1.86. The van der Waals surface area contributed by atoms with Gasteiger partial charge < -0.3 is 25.1 Å². The second-order valence-electron chi connectivity index (χ2n) is 7.60. The number of nitrogens with zero attached hydrogens (tertiary/aromatic N) is 5. The van der Waals surface area contributed by atoms with E-state index in [0.29, 0.717) is 29.2 Å². The molecule has 0 saturated heterocycles. The van der Waals surface area contributed by atoms with E-state index in [4.69, 9.17) is 15.2 Å². The molecule has 0 radical (unpaired) electrons. The summed E-state index contributed by atoms with van der Waals surface area (Å²) in [5.41, 5.74) is 7.04. The minimum Gasteiger partial charge on any atom is -0.467 e. The lowest BCUT2D eigenvalue weighted by Gasteiger charge is -2.27. The van der Waals surface area contributed by atoms with E-state index in [9.17, 15) is 9.90 Å². The van der Waals surface area contributed by atoms with Crippen LogP contribution in [0.4, 0.5) is 5.82 Å². The van der Waals surface area contributed by atoms with Gasteiger partial charge in [-0.2, -0.15) is 0 Å². The van der Waals surface area contributed by atoms with E-state index in [-0.39, 0.29) is 18.5 Å². The van der Waals surface area contributed by atoms with E-state index in [1.807, 2.05) is 0 Å². The normalized spacial score (nSPS) is 22.0. The second-order valence-corrected chi connectivity index (χ2v) is 8.66. The van der Waals surface area contributed by atoms with Crippen LogP contribution in [0.5, 0.6) is 0 Å². The molecule has 0 aliphatic heterocycles. The minimum atomic E-state index is -1.35. The van der Waals surface area contributed by atoms with Crippen molar-refractivity contribution in [2.75, 3.05) is 25.2 Å². The van der Waals surface area contributed by atoms with E-state index >= 15 is 0 Å². The van der Waals surface area contributed by atoms with Crippen LogP contribution in [0.15, 0.2) is 5.16 Å². The quantitative estimate of drug-likeness (QED) is 0.252. The monoisotopic (exact) mass is 440 g/mol. The van der Waals surface area contributed by atoms with Crippen molar-refractivity contribution in [1.82, 2.24) is 25.0 Å². The lowest BCUT2D eigenvalue weighted by Crippen LogP contribution is -2.36. The maximum absolute atomic E-state index is 11.5. The van der Waals surface area contributed by atoms with Crippen molar-refractivity contribution in [1.29, 1.82) is 0 Å². The van der Waals surface area contributed by atoms with Gasteiger partial charge in [0, 0.05) is 5.75 Å². The zero-order valence-corrected chi connectivity index (χ0v) is 18.4. The second kappa shape index (κ2) is 9.41. The number of methoxy groups -OCH3 is 1. The maximum Gasteiger partial charge on any atom is 0.331 e. The van der Waals surface area contributed by atoms with Crippen molar-refractivity contribution in [3.63, 3.8) is 0 Å². The zero-order chi connectivity index (χ0) is 21.9. The van der Waals surface area contributed by atoms with E-state index in [1.54, 1.807) is 18.5 Å². The highest BCUT2D eigenvalue weighted by Crippen LogP contribution is 2.37. The number of thioether (sulfide) groups is 1. The molecule has 1 aliphatic rings. The standard InChI is InChI=1S/C18H28N6O5S/c1-5-6-30-17-20-15(19)14-16(21-17)24(23-22-14)10-7-11(28-9-13(25)27-4)12(8-10)29-18(2,3)26/h10-12,26H,5-9H2,1-4H3,(H2,19,20,21)/t10-,11+,12+/m1/s1. The van der Waals surface area contributed by atoms with Gasteiger partial charge in [0.1, 0.15) is 6.61 Å². The lowest BCUT2D eigenvalue weighted by molar-refractivity contribution is -0.224. The number of nitrogens with two attached hydrogens (primary N) is 1. The van der Waals surface area contributed by atoms with Crippen molar-refractivity contribution in [2.45, 2.75) is 69.2 Å². The summed E-state index contributed by atoms with van der Waals surface area (Å²) in [6, 6.07) is -0.164. The highest BCUT2D eigenvalue weighted by Gasteiger charge is 2.41. The lowest BCUT2D eigenvalue weighted by atomic mass is 10.2. The van der Waals surface area contributed by atoms with Gasteiger partial charge in [0.15, 0.2) is 27.9 Å². The predicted octanol–water partition coefficient (Wildman–Crippen LogP) is 1.31. The fourth-order valence-corrected chi connectivity index (χ4v) is 4.07. The van der Waals surface area contributed by atoms with Crippen LogP contribution in [0.3, 0.4) is 0 Å². The number of anilines is 1.